The minimum atomic E-state index is -4.45. The molecule has 5 nitrogen and oxygen atoms in total. The van der Waals surface area contributed by atoms with Gasteiger partial charge in [0.15, 0.2) is 0 Å². The number of thioether (sulfide) groups is 1. The summed E-state index contributed by atoms with van der Waals surface area (Å²) in [5.74, 6) is 0.767. The number of halogens is 3. The van der Waals surface area contributed by atoms with Crippen LogP contribution < -0.4 is 10.1 Å². The molecule has 0 radical (unpaired) electrons. The summed E-state index contributed by atoms with van der Waals surface area (Å²) < 4.78 is 44.6. The summed E-state index contributed by atoms with van der Waals surface area (Å²) in [5.41, 5.74) is 0.605. The van der Waals surface area contributed by atoms with Gasteiger partial charge >= 0.3 is 12.2 Å². The maximum atomic E-state index is 13.0. The van der Waals surface area contributed by atoms with E-state index in [1.807, 2.05) is 42.5 Å². The molecule has 0 fully saturated rings. The third-order valence-corrected chi connectivity index (χ3v) is 6.24. The molecule has 5 rings (SSSR count). The van der Waals surface area contributed by atoms with Crippen LogP contribution in [0.25, 0.3) is 10.8 Å². The number of nitrogens with zero attached hydrogens (tertiary/aromatic N) is 2. The molecule has 4 aromatic rings. The third kappa shape index (κ3) is 5.09. The zero-order valence-electron chi connectivity index (χ0n) is 18.1. The van der Waals surface area contributed by atoms with Crippen molar-refractivity contribution in [3.8, 4) is 11.5 Å². The Kier molecular flexibility index (Phi) is 6.08. The molecular weight excluding hydrogens is 475 g/mol. The molecule has 0 spiro atoms. The topological polar surface area (TPSA) is 53.9 Å². The van der Waals surface area contributed by atoms with Crippen molar-refractivity contribution in [3.05, 3.63) is 102 Å². The summed E-state index contributed by atoms with van der Waals surface area (Å²) in [6.45, 7) is 0. The molecule has 0 unspecified atom stereocenters. The summed E-state index contributed by atoms with van der Waals surface area (Å²) in [6.07, 6.45) is -4.45. The molecule has 176 valence electrons. The van der Waals surface area contributed by atoms with Gasteiger partial charge in [0.25, 0.3) is 0 Å². The number of rotatable bonds is 4. The Morgan fingerprint density at radius 3 is 2.46 bits per heavy atom. The molecule has 1 aliphatic rings. The first-order valence-electron chi connectivity index (χ1n) is 10.6. The Hall–Kier alpha value is -3.98. The Morgan fingerprint density at radius 1 is 0.914 bits per heavy atom. The summed E-state index contributed by atoms with van der Waals surface area (Å²) in [6, 6.07) is 24.6. The smallest absolute Gasteiger partial charge is 0.416 e. The maximum absolute atomic E-state index is 13.0. The van der Waals surface area contributed by atoms with Gasteiger partial charge in [-0.1, -0.05) is 66.4 Å². The van der Waals surface area contributed by atoms with Crippen molar-refractivity contribution in [2.75, 3.05) is 11.2 Å². The molecule has 0 bridgehead atoms. The molecule has 35 heavy (non-hydrogen) atoms. The fourth-order valence-corrected chi connectivity index (χ4v) is 4.48. The highest BCUT2D eigenvalue weighted by Gasteiger charge is 2.30. The normalized spacial score (nSPS) is 13.6. The number of hydrogen-bond acceptors (Lipinski definition) is 4. The van der Waals surface area contributed by atoms with Gasteiger partial charge in [-0.25, -0.2) is 9.80 Å². The number of amides is 2. The van der Waals surface area contributed by atoms with Crippen LogP contribution in [0.5, 0.6) is 11.5 Å². The monoisotopic (exact) mass is 493 g/mol. The predicted molar refractivity (Wildman–Crippen MR) is 132 cm³/mol. The van der Waals surface area contributed by atoms with E-state index in [-0.39, 0.29) is 11.8 Å². The Labute approximate surface area is 203 Å². The van der Waals surface area contributed by atoms with Crippen molar-refractivity contribution in [2.24, 2.45) is 5.10 Å². The van der Waals surface area contributed by atoms with Gasteiger partial charge in [-0.05, 0) is 41.8 Å². The fourth-order valence-electron chi connectivity index (χ4n) is 3.61. The molecule has 9 heteroatoms. The van der Waals surface area contributed by atoms with Crippen LogP contribution >= 0.6 is 11.8 Å². The average molecular weight is 494 g/mol. The van der Waals surface area contributed by atoms with Crippen molar-refractivity contribution in [1.29, 1.82) is 0 Å². The number of alkyl halides is 3. The van der Waals surface area contributed by atoms with Crippen LogP contribution in [-0.4, -0.2) is 22.0 Å². The van der Waals surface area contributed by atoms with Crippen molar-refractivity contribution in [3.63, 3.8) is 0 Å². The predicted octanol–water partition coefficient (Wildman–Crippen LogP) is 7.55. The molecule has 1 aliphatic heterocycles. The molecule has 4 aromatic carbocycles. The van der Waals surface area contributed by atoms with E-state index in [9.17, 15) is 18.0 Å². The summed E-state index contributed by atoms with van der Waals surface area (Å²) in [5, 5.41) is 11.2. The molecule has 0 aromatic heterocycles. The van der Waals surface area contributed by atoms with Crippen molar-refractivity contribution < 1.29 is 22.7 Å². The SMILES string of the molecule is O=C(Nc1cccc2ccccc12)N1CSC(c2cccc(Oc3cccc(C(F)(F)F)c3)c2)=N1. The summed E-state index contributed by atoms with van der Waals surface area (Å²) in [4.78, 5) is 12.8. The van der Waals surface area contributed by atoms with Gasteiger partial charge in [0.2, 0.25) is 0 Å². The van der Waals surface area contributed by atoms with Gasteiger partial charge in [-0.3, -0.25) is 0 Å². The zero-order chi connectivity index (χ0) is 24.4. The number of carbonyl (C=O) groups excluding carboxylic acids is 1. The number of fused-ring (bicyclic) bond motifs is 1. The first-order valence-corrected chi connectivity index (χ1v) is 11.6. The van der Waals surface area contributed by atoms with E-state index in [1.54, 1.807) is 24.3 Å². The molecule has 0 saturated heterocycles. The van der Waals surface area contributed by atoms with Gasteiger partial charge in [-0.2, -0.15) is 18.3 Å². The van der Waals surface area contributed by atoms with Crippen LogP contribution in [0.3, 0.4) is 0 Å². The van der Waals surface area contributed by atoms with Crippen LogP contribution in [0.2, 0.25) is 0 Å². The van der Waals surface area contributed by atoms with Crippen LogP contribution in [0.15, 0.2) is 96.1 Å². The fraction of sp³-hybridized carbons (Fsp3) is 0.0769. The van der Waals surface area contributed by atoms with E-state index in [0.717, 1.165) is 22.9 Å². The van der Waals surface area contributed by atoms with Gasteiger partial charge in [0, 0.05) is 10.9 Å². The third-order valence-electron chi connectivity index (χ3n) is 5.28. The molecule has 1 heterocycles. The lowest BCUT2D eigenvalue weighted by atomic mass is 10.1. The minimum Gasteiger partial charge on any atom is -0.457 e. The molecule has 1 N–H and O–H groups in total. The molecular formula is C26H18F3N3O2S. The van der Waals surface area contributed by atoms with Crippen molar-refractivity contribution in [2.45, 2.75) is 6.18 Å². The lowest BCUT2D eigenvalue weighted by Crippen LogP contribution is -2.28. The molecule has 0 atom stereocenters. The standard InChI is InChI=1S/C26H18F3N3O2S/c27-26(28,29)19-9-5-11-21(15-19)34-20-10-3-8-18(14-20)24-31-32(16-35-24)25(33)30-23-13-4-7-17-6-1-2-12-22(17)23/h1-15H,16H2,(H,30,33). The summed E-state index contributed by atoms with van der Waals surface area (Å²) >= 11 is 1.38. The van der Waals surface area contributed by atoms with E-state index in [4.69, 9.17) is 4.74 Å². The highest BCUT2D eigenvalue weighted by Crippen LogP contribution is 2.33. The number of benzene rings is 4. The number of ether oxygens (including phenoxy) is 1. The maximum Gasteiger partial charge on any atom is 0.416 e. The number of urea groups is 1. The van der Waals surface area contributed by atoms with Crippen LogP contribution in [0.4, 0.5) is 23.7 Å². The second-order valence-electron chi connectivity index (χ2n) is 7.69. The van der Waals surface area contributed by atoms with Crippen molar-refractivity contribution in [1.82, 2.24) is 5.01 Å². The van der Waals surface area contributed by atoms with E-state index in [0.29, 0.717) is 27.9 Å². The van der Waals surface area contributed by atoms with E-state index in [1.165, 1.54) is 28.9 Å². The van der Waals surface area contributed by atoms with Gasteiger partial charge < -0.3 is 10.1 Å². The molecule has 2 amide bonds. The van der Waals surface area contributed by atoms with Gasteiger partial charge in [0.05, 0.1) is 17.1 Å². The van der Waals surface area contributed by atoms with E-state index in [2.05, 4.69) is 10.4 Å². The summed E-state index contributed by atoms with van der Waals surface area (Å²) in [7, 11) is 0. The van der Waals surface area contributed by atoms with Crippen LogP contribution in [0.1, 0.15) is 11.1 Å². The second-order valence-corrected chi connectivity index (χ2v) is 8.62. The molecule has 0 saturated carbocycles. The second kappa shape index (κ2) is 9.34. The quantitative estimate of drug-likeness (QED) is 0.319. The number of carbonyl (C=O) groups is 1. The lowest BCUT2D eigenvalue weighted by molar-refractivity contribution is -0.137. The number of hydrogen-bond donors (Lipinski definition) is 1. The van der Waals surface area contributed by atoms with Crippen molar-refractivity contribution >= 4 is 39.3 Å². The van der Waals surface area contributed by atoms with E-state index >= 15 is 0 Å². The first kappa shape index (κ1) is 22.8. The van der Waals surface area contributed by atoms with Crippen LogP contribution in [0, 0.1) is 0 Å². The largest absolute Gasteiger partial charge is 0.457 e. The Balaban J connectivity index is 1.31. The minimum absolute atomic E-state index is 0.0779. The highest BCUT2D eigenvalue weighted by atomic mass is 32.2. The highest BCUT2D eigenvalue weighted by molar-refractivity contribution is 8.14. The first-order chi connectivity index (χ1) is 16.9. The number of nitrogens with one attached hydrogen (secondary N) is 1. The number of anilines is 1. The van der Waals surface area contributed by atoms with Gasteiger partial charge in [-0.15, -0.1) is 0 Å². The molecule has 0 aliphatic carbocycles. The average Bonchev–Trinajstić information content (AvgIpc) is 3.35. The Morgan fingerprint density at radius 2 is 1.63 bits per heavy atom. The van der Waals surface area contributed by atoms with Gasteiger partial charge in [0.1, 0.15) is 16.5 Å². The van der Waals surface area contributed by atoms with Crippen LogP contribution in [-0.2, 0) is 6.18 Å². The lowest BCUT2D eigenvalue weighted by Gasteiger charge is -2.13. The number of hydrazone groups is 1. The Bertz CT molecular complexity index is 1430. The zero-order valence-corrected chi connectivity index (χ0v) is 18.9. The van der Waals surface area contributed by atoms with E-state index < -0.39 is 11.7 Å².